The Morgan fingerprint density at radius 3 is 2.64 bits per heavy atom. The Balaban J connectivity index is 0.000000980. The predicted molar refractivity (Wildman–Crippen MR) is 55.6 cm³/mol. The summed E-state index contributed by atoms with van der Waals surface area (Å²) in [6, 6.07) is 0. The number of rotatable bonds is 1. The summed E-state index contributed by atoms with van der Waals surface area (Å²) in [6.45, 7) is 4.79. The van der Waals surface area contributed by atoms with E-state index in [4.69, 9.17) is 4.74 Å². The molecule has 2 heterocycles. The van der Waals surface area contributed by atoms with Crippen molar-refractivity contribution in [1.29, 1.82) is 0 Å². The molecule has 0 radical (unpaired) electrons. The van der Waals surface area contributed by atoms with Crippen LogP contribution in [0.4, 0.5) is 0 Å². The number of halogens is 1. The van der Waals surface area contributed by atoms with E-state index in [1.54, 1.807) is 0 Å². The monoisotopic (exact) mass is 220 g/mol. The Labute approximate surface area is 90.4 Å². The van der Waals surface area contributed by atoms with Crippen molar-refractivity contribution >= 4 is 18.3 Å². The summed E-state index contributed by atoms with van der Waals surface area (Å²) in [7, 11) is 0. The van der Waals surface area contributed by atoms with Crippen molar-refractivity contribution in [1.82, 2.24) is 10.2 Å². The van der Waals surface area contributed by atoms with E-state index in [-0.39, 0.29) is 18.3 Å². The highest BCUT2D eigenvalue weighted by atomic mass is 35.5. The molecule has 0 aromatic rings. The minimum atomic E-state index is 0. The van der Waals surface area contributed by atoms with Crippen LogP contribution in [0, 0.1) is 5.92 Å². The highest BCUT2D eigenvalue weighted by Gasteiger charge is 2.27. The van der Waals surface area contributed by atoms with Gasteiger partial charge in [0.15, 0.2) is 0 Å². The van der Waals surface area contributed by atoms with Crippen LogP contribution in [0.2, 0.25) is 0 Å². The van der Waals surface area contributed by atoms with Gasteiger partial charge in [-0.05, 0) is 13.0 Å². The van der Waals surface area contributed by atoms with Gasteiger partial charge < -0.3 is 15.0 Å². The second kappa shape index (κ2) is 5.53. The summed E-state index contributed by atoms with van der Waals surface area (Å²) in [5, 5.41) is 3.21. The Hall–Kier alpha value is -0.320. The molecule has 2 rings (SSSR count). The molecule has 1 N–H and O–H groups in total. The van der Waals surface area contributed by atoms with Crippen LogP contribution in [-0.2, 0) is 9.53 Å². The van der Waals surface area contributed by atoms with E-state index in [0.29, 0.717) is 19.1 Å². The van der Waals surface area contributed by atoms with E-state index < -0.39 is 0 Å². The first-order chi connectivity index (χ1) is 6.38. The first-order valence-electron chi connectivity index (χ1n) is 4.95. The topological polar surface area (TPSA) is 41.6 Å². The quantitative estimate of drug-likeness (QED) is 0.670. The van der Waals surface area contributed by atoms with Crippen LogP contribution < -0.4 is 5.32 Å². The molecule has 2 aliphatic heterocycles. The van der Waals surface area contributed by atoms with Crippen molar-refractivity contribution < 1.29 is 9.53 Å². The zero-order chi connectivity index (χ0) is 9.10. The van der Waals surface area contributed by atoms with Crippen LogP contribution in [0.1, 0.15) is 6.42 Å². The van der Waals surface area contributed by atoms with Crippen LogP contribution in [0.15, 0.2) is 0 Å². The van der Waals surface area contributed by atoms with Crippen molar-refractivity contribution in [3.8, 4) is 0 Å². The Morgan fingerprint density at radius 1 is 1.36 bits per heavy atom. The number of ether oxygens (including phenoxy) is 1. The van der Waals surface area contributed by atoms with Crippen molar-refractivity contribution in [2.24, 2.45) is 5.92 Å². The fourth-order valence-electron chi connectivity index (χ4n) is 1.91. The molecule has 0 unspecified atom stereocenters. The molecule has 0 saturated carbocycles. The molecule has 0 aromatic heterocycles. The van der Waals surface area contributed by atoms with E-state index in [1.165, 1.54) is 0 Å². The fraction of sp³-hybridized carbons (Fsp3) is 0.889. The zero-order valence-corrected chi connectivity index (χ0v) is 9.02. The minimum absolute atomic E-state index is 0. The zero-order valence-electron chi connectivity index (χ0n) is 8.20. The summed E-state index contributed by atoms with van der Waals surface area (Å²) in [5.74, 6) is 0.534. The third kappa shape index (κ3) is 2.59. The molecule has 0 bridgehead atoms. The first kappa shape index (κ1) is 11.8. The van der Waals surface area contributed by atoms with Gasteiger partial charge in [0.25, 0.3) is 0 Å². The average molecular weight is 221 g/mol. The van der Waals surface area contributed by atoms with Crippen LogP contribution in [0.3, 0.4) is 0 Å². The minimum Gasteiger partial charge on any atom is -0.378 e. The lowest BCUT2D eigenvalue weighted by Gasteiger charge is -2.28. The van der Waals surface area contributed by atoms with Gasteiger partial charge in [-0.15, -0.1) is 12.4 Å². The molecule has 1 amide bonds. The maximum absolute atomic E-state index is 11.8. The van der Waals surface area contributed by atoms with Crippen molar-refractivity contribution in [2.45, 2.75) is 6.42 Å². The lowest BCUT2D eigenvalue weighted by atomic mass is 10.1. The first-order valence-corrected chi connectivity index (χ1v) is 4.95. The number of nitrogens with one attached hydrogen (secondary N) is 1. The number of morpholine rings is 1. The lowest BCUT2D eigenvalue weighted by molar-refractivity contribution is -0.139. The van der Waals surface area contributed by atoms with E-state index in [0.717, 1.165) is 32.6 Å². The van der Waals surface area contributed by atoms with E-state index >= 15 is 0 Å². The summed E-state index contributed by atoms with van der Waals surface area (Å²) < 4.78 is 5.20. The van der Waals surface area contributed by atoms with Gasteiger partial charge in [-0.25, -0.2) is 0 Å². The van der Waals surface area contributed by atoms with Gasteiger partial charge >= 0.3 is 0 Å². The van der Waals surface area contributed by atoms with Gasteiger partial charge in [0.2, 0.25) is 5.91 Å². The van der Waals surface area contributed by atoms with Crippen molar-refractivity contribution in [2.75, 3.05) is 39.4 Å². The largest absolute Gasteiger partial charge is 0.378 e. The molecule has 0 aromatic carbocycles. The molecular formula is C9H17ClN2O2. The maximum Gasteiger partial charge on any atom is 0.227 e. The molecule has 2 fully saturated rings. The fourth-order valence-corrected chi connectivity index (χ4v) is 1.91. The molecule has 5 heteroatoms. The van der Waals surface area contributed by atoms with Crippen LogP contribution in [0.5, 0.6) is 0 Å². The van der Waals surface area contributed by atoms with Gasteiger partial charge in [0.05, 0.1) is 19.1 Å². The molecule has 2 saturated heterocycles. The molecule has 82 valence electrons. The smallest absolute Gasteiger partial charge is 0.227 e. The summed E-state index contributed by atoms with van der Waals surface area (Å²) in [5.41, 5.74) is 0. The van der Waals surface area contributed by atoms with E-state index in [1.807, 2.05) is 4.90 Å². The van der Waals surface area contributed by atoms with Crippen LogP contribution in [-0.4, -0.2) is 50.2 Å². The molecule has 2 aliphatic rings. The SMILES string of the molecule is Cl.O=C([C@@H]1CCNC1)N1CCOCC1. The second-order valence-corrected chi connectivity index (χ2v) is 3.63. The van der Waals surface area contributed by atoms with E-state index in [9.17, 15) is 4.79 Å². The number of carbonyl (C=O) groups excluding carboxylic acids is 1. The third-order valence-corrected chi connectivity index (χ3v) is 2.73. The van der Waals surface area contributed by atoms with Gasteiger partial charge in [-0.1, -0.05) is 0 Å². The Morgan fingerprint density at radius 2 is 2.07 bits per heavy atom. The van der Waals surface area contributed by atoms with Crippen molar-refractivity contribution in [3.63, 3.8) is 0 Å². The second-order valence-electron chi connectivity index (χ2n) is 3.63. The predicted octanol–water partition coefficient (Wildman–Crippen LogP) is -0.124. The molecule has 0 spiro atoms. The summed E-state index contributed by atoms with van der Waals surface area (Å²) in [4.78, 5) is 13.8. The highest BCUT2D eigenvalue weighted by Crippen LogP contribution is 2.12. The molecular weight excluding hydrogens is 204 g/mol. The van der Waals surface area contributed by atoms with Crippen molar-refractivity contribution in [3.05, 3.63) is 0 Å². The van der Waals surface area contributed by atoms with Gasteiger partial charge in [0, 0.05) is 19.6 Å². The van der Waals surface area contributed by atoms with Crippen LogP contribution in [0.25, 0.3) is 0 Å². The summed E-state index contributed by atoms with van der Waals surface area (Å²) >= 11 is 0. The Kier molecular flexibility index (Phi) is 4.65. The number of hydrogen-bond acceptors (Lipinski definition) is 3. The van der Waals surface area contributed by atoms with Gasteiger partial charge in [-0.3, -0.25) is 4.79 Å². The normalized spacial score (nSPS) is 27.1. The molecule has 0 aliphatic carbocycles. The number of amides is 1. The Bertz CT molecular complexity index is 189. The van der Waals surface area contributed by atoms with Gasteiger partial charge in [0.1, 0.15) is 0 Å². The van der Waals surface area contributed by atoms with E-state index in [2.05, 4.69) is 5.32 Å². The summed E-state index contributed by atoms with van der Waals surface area (Å²) in [6.07, 6.45) is 0.996. The lowest BCUT2D eigenvalue weighted by Crippen LogP contribution is -2.44. The maximum atomic E-state index is 11.8. The van der Waals surface area contributed by atoms with Gasteiger partial charge in [-0.2, -0.15) is 0 Å². The number of hydrogen-bond donors (Lipinski definition) is 1. The third-order valence-electron chi connectivity index (χ3n) is 2.73. The average Bonchev–Trinajstić information content (AvgIpc) is 2.71. The molecule has 1 atom stereocenters. The highest BCUT2D eigenvalue weighted by molar-refractivity contribution is 5.85. The standard InChI is InChI=1S/C9H16N2O2.ClH/c12-9(8-1-2-10-7-8)11-3-5-13-6-4-11;/h8,10H,1-7H2;1H/t8-;/m1./s1. The molecule has 14 heavy (non-hydrogen) atoms. The number of nitrogens with zero attached hydrogens (tertiary/aromatic N) is 1. The van der Waals surface area contributed by atoms with Crippen LogP contribution >= 0.6 is 12.4 Å². The molecule has 4 nitrogen and oxygen atoms in total. The number of carbonyl (C=O) groups is 1.